The molecule has 8 heteroatoms. The van der Waals surface area contributed by atoms with Crippen LogP contribution >= 0.6 is 36.4 Å². The first kappa shape index (κ1) is 16.1. The number of benzene rings is 1. The summed E-state index contributed by atoms with van der Waals surface area (Å²) in [5, 5.41) is 4.02. The summed E-state index contributed by atoms with van der Waals surface area (Å²) in [6.07, 6.45) is 1.66. The molecule has 0 saturated carbocycles. The number of hydrogen-bond donors (Lipinski definition) is 2. The van der Waals surface area contributed by atoms with Crippen LogP contribution in [0.1, 0.15) is 22.8 Å². The minimum absolute atomic E-state index is 0.230. The number of hydrogen-bond acceptors (Lipinski definition) is 5. The van der Waals surface area contributed by atoms with Gasteiger partial charge < -0.3 is 4.74 Å². The molecule has 112 valence electrons. The van der Waals surface area contributed by atoms with Crippen molar-refractivity contribution >= 4 is 42.3 Å². The van der Waals surface area contributed by atoms with Gasteiger partial charge in [0.25, 0.3) is 5.91 Å². The molecule has 5 nitrogen and oxygen atoms in total. The first-order valence-corrected chi connectivity index (χ1v) is 7.95. The lowest BCUT2D eigenvalue weighted by atomic mass is 10.1. The summed E-state index contributed by atoms with van der Waals surface area (Å²) >= 11 is 11.1. The summed E-state index contributed by atoms with van der Waals surface area (Å²) in [5.41, 5.74) is 1.28. The minimum Gasteiger partial charge on any atom is -0.472 e. The van der Waals surface area contributed by atoms with Crippen molar-refractivity contribution in [2.75, 3.05) is 5.75 Å². The zero-order valence-corrected chi connectivity index (χ0v) is 13.7. The fourth-order valence-electron chi connectivity index (χ4n) is 1.79. The van der Waals surface area contributed by atoms with E-state index in [1.54, 1.807) is 30.1 Å². The van der Waals surface area contributed by atoms with Crippen molar-refractivity contribution < 1.29 is 9.53 Å². The Hall–Kier alpha value is -1.31. The Morgan fingerprint density at radius 1 is 1.52 bits per heavy atom. The summed E-state index contributed by atoms with van der Waals surface area (Å²) in [4.78, 5) is 15.0. The molecule has 1 N–H and O–H groups in total. The SMILES string of the molecule is CCSc1cccc(C(=O)NCl)c1COc1ccn(S)n1. The van der Waals surface area contributed by atoms with Gasteiger partial charge in [-0.15, -0.1) is 16.9 Å². The van der Waals surface area contributed by atoms with Crippen LogP contribution in [-0.4, -0.2) is 20.8 Å². The van der Waals surface area contributed by atoms with Crippen molar-refractivity contribution in [3.63, 3.8) is 0 Å². The average Bonchev–Trinajstić information content (AvgIpc) is 2.91. The first-order valence-electron chi connectivity index (χ1n) is 6.19. The van der Waals surface area contributed by atoms with E-state index in [1.807, 2.05) is 19.1 Å². The van der Waals surface area contributed by atoms with Crippen LogP contribution in [0.25, 0.3) is 0 Å². The third-order valence-corrected chi connectivity index (χ3v) is 4.06. The van der Waals surface area contributed by atoms with Gasteiger partial charge >= 0.3 is 0 Å². The highest BCUT2D eigenvalue weighted by atomic mass is 35.5. The molecule has 0 spiro atoms. The molecular weight excluding hydrogens is 330 g/mol. The summed E-state index contributed by atoms with van der Waals surface area (Å²) in [6, 6.07) is 7.19. The number of nitrogens with one attached hydrogen (secondary N) is 1. The molecule has 0 unspecified atom stereocenters. The Balaban J connectivity index is 2.27. The van der Waals surface area contributed by atoms with E-state index in [1.165, 1.54) is 4.09 Å². The van der Waals surface area contributed by atoms with Gasteiger partial charge in [0, 0.05) is 40.1 Å². The Morgan fingerprint density at radius 3 is 2.95 bits per heavy atom. The molecule has 0 radical (unpaired) electrons. The second kappa shape index (κ2) is 7.63. The van der Waals surface area contributed by atoms with Crippen molar-refractivity contribution in [3.05, 3.63) is 41.6 Å². The topological polar surface area (TPSA) is 56.1 Å². The number of thiol groups is 1. The van der Waals surface area contributed by atoms with Crippen LogP contribution in [0.3, 0.4) is 0 Å². The van der Waals surface area contributed by atoms with Gasteiger partial charge in [-0.25, -0.2) is 4.09 Å². The van der Waals surface area contributed by atoms with Gasteiger partial charge in [-0.2, -0.15) is 0 Å². The van der Waals surface area contributed by atoms with E-state index < -0.39 is 0 Å². The van der Waals surface area contributed by atoms with Crippen LogP contribution < -0.4 is 9.57 Å². The molecule has 0 bridgehead atoms. The van der Waals surface area contributed by atoms with Gasteiger partial charge in [-0.3, -0.25) is 9.63 Å². The molecule has 0 aliphatic heterocycles. The van der Waals surface area contributed by atoms with E-state index in [0.717, 1.165) is 16.2 Å². The lowest BCUT2D eigenvalue weighted by molar-refractivity contribution is 0.0979. The molecule has 1 aromatic carbocycles. The molecule has 0 fully saturated rings. The van der Waals surface area contributed by atoms with Gasteiger partial charge in [0.2, 0.25) is 5.88 Å². The second-order valence-electron chi connectivity index (χ2n) is 4.00. The van der Waals surface area contributed by atoms with Crippen molar-refractivity contribution in [1.29, 1.82) is 0 Å². The number of halogens is 1. The van der Waals surface area contributed by atoms with Crippen LogP contribution in [0.4, 0.5) is 0 Å². The number of amides is 1. The maximum absolute atomic E-state index is 11.9. The number of aromatic nitrogens is 2. The maximum Gasteiger partial charge on any atom is 0.266 e. The van der Waals surface area contributed by atoms with Gasteiger partial charge in [0.05, 0.1) is 0 Å². The van der Waals surface area contributed by atoms with Crippen molar-refractivity contribution in [2.45, 2.75) is 18.4 Å². The number of thioether (sulfide) groups is 1. The minimum atomic E-state index is -0.353. The maximum atomic E-state index is 11.9. The summed E-state index contributed by atoms with van der Waals surface area (Å²) in [6.45, 7) is 2.28. The van der Waals surface area contributed by atoms with E-state index in [-0.39, 0.29) is 12.5 Å². The Morgan fingerprint density at radius 2 is 2.33 bits per heavy atom. The number of carbonyl (C=O) groups is 1. The van der Waals surface area contributed by atoms with Crippen LogP contribution in [0.2, 0.25) is 0 Å². The van der Waals surface area contributed by atoms with Gasteiger partial charge in [0.1, 0.15) is 6.61 Å². The molecule has 1 heterocycles. The van der Waals surface area contributed by atoms with Crippen molar-refractivity contribution in [1.82, 2.24) is 14.0 Å². The third-order valence-electron chi connectivity index (χ3n) is 2.68. The highest BCUT2D eigenvalue weighted by Crippen LogP contribution is 2.27. The average molecular weight is 344 g/mol. The van der Waals surface area contributed by atoms with E-state index in [4.69, 9.17) is 16.5 Å². The number of rotatable bonds is 6. The lowest BCUT2D eigenvalue weighted by Crippen LogP contribution is -2.16. The van der Waals surface area contributed by atoms with E-state index >= 15 is 0 Å². The summed E-state index contributed by atoms with van der Waals surface area (Å²) < 4.78 is 6.97. The van der Waals surface area contributed by atoms with Crippen LogP contribution in [-0.2, 0) is 6.61 Å². The Bertz CT molecular complexity index is 634. The molecule has 21 heavy (non-hydrogen) atoms. The van der Waals surface area contributed by atoms with Crippen molar-refractivity contribution in [2.24, 2.45) is 0 Å². The predicted octanol–water partition coefficient (Wildman–Crippen LogP) is 3.15. The standard InChI is InChI=1S/C13H14ClN3O2S2/c1-2-21-11-5-3-4-9(13(18)15-14)10(11)8-19-12-6-7-17(20)16-12/h3-7,20H,2,8H2,1H3,(H,15,18). The zero-order chi connectivity index (χ0) is 15.2. The highest BCUT2D eigenvalue weighted by Gasteiger charge is 2.15. The molecule has 1 amide bonds. The predicted molar refractivity (Wildman–Crippen MR) is 87.1 cm³/mol. The quantitative estimate of drug-likeness (QED) is 0.480. The molecule has 2 aromatic rings. The first-order chi connectivity index (χ1) is 10.2. The second-order valence-corrected chi connectivity index (χ2v) is 5.91. The van der Waals surface area contributed by atoms with Gasteiger partial charge in [0.15, 0.2) is 0 Å². The Labute approximate surface area is 137 Å². The molecule has 0 atom stereocenters. The monoisotopic (exact) mass is 343 g/mol. The molecule has 1 aromatic heterocycles. The Kier molecular flexibility index (Phi) is 5.84. The van der Waals surface area contributed by atoms with E-state index in [2.05, 4.69) is 22.7 Å². The molecule has 2 rings (SSSR count). The summed E-state index contributed by atoms with van der Waals surface area (Å²) in [5.74, 6) is 0.983. The normalized spacial score (nSPS) is 10.4. The molecule has 0 saturated heterocycles. The van der Waals surface area contributed by atoms with Crippen LogP contribution in [0.15, 0.2) is 35.4 Å². The smallest absolute Gasteiger partial charge is 0.266 e. The lowest BCUT2D eigenvalue weighted by Gasteiger charge is -2.13. The number of ether oxygens (including phenoxy) is 1. The molecule has 0 aliphatic rings. The zero-order valence-electron chi connectivity index (χ0n) is 11.2. The van der Waals surface area contributed by atoms with Crippen LogP contribution in [0, 0.1) is 0 Å². The van der Waals surface area contributed by atoms with E-state index in [0.29, 0.717) is 11.4 Å². The van der Waals surface area contributed by atoms with Gasteiger partial charge in [-0.1, -0.05) is 13.0 Å². The number of carbonyl (C=O) groups excluding carboxylic acids is 1. The number of nitrogens with zero attached hydrogens (tertiary/aromatic N) is 2. The van der Waals surface area contributed by atoms with Crippen LogP contribution in [0.5, 0.6) is 5.88 Å². The fraction of sp³-hybridized carbons (Fsp3) is 0.231. The largest absolute Gasteiger partial charge is 0.472 e. The summed E-state index contributed by atoms with van der Waals surface area (Å²) in [7, 11) is 0. The molecule has 0 aliphatic carbocycles. The highest BCUT2D eigenvalue weighted by molar-refractivity contribution is 7.99. The van der Waals surface area contributed by atoms with Crippen molar-refractivity contribution in [3.8, 4) is 5.88 Å². The van der Waals surface area contributed by atoms with Gasteiger partial charge in [-0.05, 0) is 30.7 Å². The third kappa shape index (κ3) is 4.09. The van der Waals surface area contributed by atoms with E-state index in [9.17, 15) is 4.79 Å². The molecular formula is C13H14ClN3O2S2. The fourth-order valence-corrected chi connectivity index (χ4v) is 2.88.